The number of hydrogen-bond acceptors (Lipinski definition) is 1. The predicted octanol–water partition coefficient (Wildman–Crippen LogP) is 5.24. The van der Waals surface area contributed by atoms with Gasteiger partial charge in [-0.05, 0) is 56.0 Å². The first-order chi connectivity index (χ1) is 9.91. The van der Waals surface area contributed by atoms with Crippen LogP contribution in [0, 0.1) is 12.8 Å². The molecular formula is C17H24F3N. The predicted molar refractivity (Wildman–Crippen MR) is 79.2 cm³/mol. The van der Waals surface area contributed by atoms with Gasteiger partial charge in [0.15, 0.2) is 0 Å². The molecule has 0 heterocycles. The minimum Gasteiger partial charge on any atom is -0.313 e. The van der Waals surface area contributed by atoms with Gasteiger partial charge in [0.05, 0.1) is 5.56 Å². The maximum Gasteiger partial charge on any atom is 0.416 e. The minimum absolute atomic E-state index is 0.146. The lowest BCUT2D eigenvalue weighted by atomic mass is 9.92. The Kier molecular flexibility index (Phi) is 5.31. The SMILES string of the molecule is CNC(CCC1CCCC1)c1ccc(C(F)(F)F)cc1C. The van der Waals surface area contributed by atoms with Crippen molar-refractivity contribution in [3.63, 3.8) is 0 Å². The Bertz CT molecular complexity index is 462. The van der Waals surface area contributed by atoms with Gasteiger partial charge in [0, 0.05) is 6.04 Å². The van der Waals surface area contributed by atoms with Crippen LogP contribution in [0.4, 0.5) is 13.2 Å². The van der Waals surface area contributed by atoms with Gasteiger partial charge in [-0.15, -0.1) is 0 Å². The van der Waals surface area contributed by atoms with Gasteiger partial charge in [-0.1, -0.05) is 31.7 Å². The van der Waals surface area contributed by atoms with E-state index in [0.717, 1.165) is 29.9 Å². The largest absolute Gasteiger partial charge is 0.416 e. The molecule has 1 fully saturated rings. The average molecular weight is 299 g/mol. The summed E-state index contributed by atoms with van der Waals surface area (Å²) in [6.45, 7) is 1.77. The molecule has 0 bridgehead atoms. The Morgan fingerprint density at radius 1 is 1.24 bits per heavy atom. The highest BCUT2D eigenvalue weighted by molar-refractivity contribution is 5.34. The molecule has 1 aromatic rings. The molecule has 4 heteroatoms. The monoisotopic (exact) mass is 299 g/mol. The quantitative estimate of drug-likeness (QED) is 0.783. The average Bonchev–Trinajstić information content (AvgIpc) is 2.93. The van der Waals surface area contributed by atoms with Crippen LogP contribution in [0.15, 0.2) is 18.2 Å². The van der Waals surface area contributed by atoms with E-state index in [-0.39, 0.29) is 6.04 Å². The van der Waals surface area contributed by atoms with Crippen molar-refractivity contribution in [1.29, 1.82) is 0 Å². The van der Waals surface area contributed by atoms with Gasteiger partial charge in [0.2, 0.25) is 0 Å². The number of alkyl halides is 3. The number of rotatable bonds is 5. The van der Waals surface area contributed by atoms with E-state index >= 15 is 0 Å². The Morgan fingerprint density at radius 3 is 2.43 bits per heavy atom. The molecule has 0 aromatic heterocycles. The fourth-order valence-corrected chi connectivity index (χ4v) is 3.40. The van der Waals surface area contributed by atoms with E-state index in [0.29, 0.717) is 0 Å². The Morgan fingerprint density at radius 2 is 1.90 bits per heavy atom. The van der Waals surface area contributed by atoms with E-state index in [9.17, 15) is 13.2 Å². The van der Waals surface area contributed by atoms with E-state index in [1.165, 1.54) is 37.8 Å². The second-order valence-electron chi connectivity index (χ2n) is 6.14. The van der Waals surface area contributed by atoms with Crippen LogP contribution >= 0.6 is 0 Å². The second kappa shape index (κ2) is 6.82. The fourth-order valence-electron chi connectivity index (χ4n) is 3.40. The third-order valence-electron chi connectivity index (χ3n) is 4.66. The minimum atomic E-state index is -4.26. The van der Waals surface area contributed by atoms with Gasteiger partial charge in [-0.3, -0.25) is 0 Å². The molecule has 0 saturated heterocycles. The highest BCUT2D eigenvalue weighted by atomic mass is 19.4. The molecular weight excluding hydrogens is 275 g/mol. The molecule has 21 heavy (non-hydrogen) atoms. The molecule has 0 aliphatic heterocycles. The fraction of sp³-hybridized carbons (Fsp3) is 0.647. The smallest absolute Gasteiger partial charge is 0.313 e. The summed E-state index contributed by atoms with van der Waals surface area (Å²) in [5, 5.41) is 3.26. The second-order valence-corrected chi connectivity index (χ2v) is 6.14. The van der Waals surface area contributed by atoms with Gasteiger partial charge in [-0.2, -0.15) is 13.2 Å². The molecule has 2 rings (SSSR count). The first kappa shape index (κ1) is 16.3. The Labute approximate surface area is 124 Å². The van der Waals surface area contributed by atoms with Crippen molar-refractivity contribution in [1.82, 2.24) is 5.32 Å². The van der Waals surface area contributed by atoms with E-state index in [4.69, 9.17) is 0 Å². The molecule has 0 radical (unpaired) electrons. The molecule has 0 spiro atoms. The summed E-state index contributed by atoms with van der Waals surface area (Å²) < 4.78 is 38.2. The third-order valence-corrected chi connectivity index (χ3v) is 4.66. The summed E-state index contributed by atoms with van der Waals surface area (Å²) in [5.41, 5.74) is 1.15. The van der Waals surface area contributed by atoms with Crippen LogP contribution in [-0.4, -0.2) is 7.05 Å². The van der Waals surface area contributed by atoms with Crippen LogP contribution < -0.4 is 5.32 Å². The number of hydrogen-bond donors (Lipinski definition) is 1. The van der Waals surface area contributed by atoms with Crippen molar-refractivity contribution < 1.29 is 13.2 Å². The van der Waals surface area contributed by atoms with Crippen molar-refractivity contribution >= 4 is 0 Å². The van der Waals surface area contributed by atoms with Crippen LogP contribution in [0.3, 0.4) is 0 Å². The Hall–Kier alpha value is -1.03. The van der Waals surface area contributed by atoms with Crippen LogP contribution in [0.25, 0.3) is 0 Å². The van der Waals surface area contributed by atoms with Gasteiger partial charge >= 0.3 is 6.18 Å². The number of aryl methyl sites for hydroxylation is 1. The molecule has 1 aliphatic carbocycles. The molecule has 1 N–H and O–H groups in total. The van der Waals surface area contributed by atoms with Crippen molar-refractivity contribution in [2.45, 2.75) is 57.7 Å². The van der Waals surface area contributed by atoms with Crippen LogP contribution in [0.5, 0.6) is 0 Å². The molecule has 1 unspecified atom stereocenters. The van der Waals surface area contributed by atoms with Gasteiger partial charge in [-0.25, -0.2) is 0 Å². The van der Waals surface area contributed by atoms with Crippen molar-refractivity contribution in [3.8, 4) is 0 Å². The van der Waals surface area contributed by atoms with Gasteiger partial charge in [0.1, 0.15) is 0 Å². The first-order valence-corrected chi connectivity index (χ1v) is 7.77. The van der Waals surface area contributed by atoms with Crippen molar-refractivity contribution in [2.24, 2.45) is 5.92 Å². The van der Waals surface area contributed by atoms with E-state index < -0.39 is 11.7 Å². The summed E-state index contributed by atoms with van der Waals surface area (Å²) in [7, 11) is 1.89. The molecule has 118 valence electrons. The van der Waals surface area contributed by atoms with Gasteiger partial charge < -0.3 is 5.32 Å². The highest BCUT2D eigenvalue weighted by Gasteiger charge is 2.31. The Balaban J connectivity index is 2.06. The summed E-state index contributed by atoms with van der Waals surface area (Å²) >= 11 is 0. The summed E-state index contributed by atoms with van der Waals surface area (Å²) in [4.78, 5) is 0. The first-order valence-electron chi connectivity index (χ1n) is 7.77. The van der Waals surface area contributed by atoms with Crippen LogP contribution in [-0.2, 0) is 6.18 Å². The molecule has 0 amide bonds. The molecule has 1 aromatic carbocycles. The topological polar surface area (TPSA) is 12.0 Å². The lowest BCUT2D eigenvalue weighted by Gasteiger charge is -2.21. The molecule has 1 aliphatic rings. The van der Waals surface area contributed by atoms with Crippen LogP contribution in [0.1, 0.15) is 61.3 Å². The maximum absolute atomic E-state index is 12.7. The molecule has 1 saturated carbocycles. The normalized spacial score (nSPS) is 18.1. The maximum atomic E-state index is 12.7. The zero-order chi connectivity index (χ0) is 15.5. The number of benzene rings is 1. The highest BCUT2D eigenvalue weighted by Crippen LogP contribution is 2.34. The molecule has 1 atom stereocenters. The lowest BCUT2D eigenvalue weighted by Crippen LogP contribution is -2.19. The van der Waals surface area contributed by atoms with Crippen molar-refractivity contribution in [3.05, 3.63) is 34.9 Å². The van der Waals surface area contributed by atoms with Crippen LogP contribution in [0.2, 0.25) is 0 Å². The number of nitrogens with one attached hydrogen (secondary N) is 1. The molecule has 1 nitrogen and oxygen atoms in total. The standard InChI is InChI=1S/C17H24F3N/c1-12-11-14(17(18,19)20)8-9-15(12)16(21-2)10-7-13-5-3-4-6-13/h8-9,11,13,16,21H,3-7,10H2,1-2H3. The van der Waals surface area contributed by atoms with E-state index in [1.54, 1.807) is 13.0 Å². The summed E-state index contributed by atoms with van der Waals surface area (Å²) in [6, 6.07) is 4.23. The lowest BCUT2D eigenvalue weighted by molar-refractivity contribution is -0.137. The third kappa shape index (κ3) is 4.22. The van der Waals surface area contributed by atoms with Gasteiger partial charge in [0.25, 0.3) is 0 Å². The summed E-state index contributed by atoms with van der Waals surface area (Å²) in [5.74, 6) is 0.801. The zero-order valence-electron chi connectivity index (χ0n) is 12.8. The van der Waals surface area contributed by atoms with E-state index in [2.05, 4.69) is 5.32 Å². The summed E-state index contributed by atoms with van der Waals surface area (Å²) in [6.07, 6.45) is 3.16. The van der Waals surface area contributed by atoms with Crippen molar-refractivity contribution in [2.75, 3.05) is 7.05 Å². The van der Waals surface area contributed by atoms with E-state index in [1.807, 2.05) is 7.05 Å². The zero-order valence-corrected chi connectivity index (χ0v) is 12.8. The number of halogens is 3.